The van der Waals surface area contributed by atoms with Gasteiger partial charge in [-0.25, -0.2) is 8.51 Å². The van der Waals surface area contributed by atoms with E-state index in [4.69, 9.17) is 11.6 Å². The van der Waals surface area contributed by atoms with Gasteiger partial charge in [-0.1, -0.05) is 66.2 Å². The molecule has 10 heteroatoms. The van der Waals surface area contributed by atoms with Crippen molar-refractivity contribution in [3.8, 4) is 0 Å². The van der Waals surface area contributed by atoms with Crippen molar-refractivity contribution >= 4 is 52.0 Å². The number of benzene rings is 3. The molecule has 7 nitrogen and oxygen atoms in total. The molecular formula is C26H23ClN4O3S2. The third-order valence-electron chi connectivity index (χ3n) is 6.20. The van der Waals surface area contributed by atoms with Crippen LogP contribution >= 0.6 is 23.3 Å². The lowest BCUT2D eigenvalue weighted by atomic mass is 9.87. The number of nitrogens with one attached hydrogen (secondary N) is 1. The zero-order valence-electron chi connectivity index (χ0n) is 19.1. The summed E-state index contributed by atoms with van der Waals surface area (Å²) < 4.78 is 32.8. The lowest BCUT2D eigenvalue weighted by Crippen LogP contribution is -2.32. The van der Waals surface area contributed by atoms with Gasteiger partial charge in [0.05, 0.1) is 29.0 Å². The summed E-state index contributed by atoms with van der Waals surface area (Å²) >= 11 is 4.70. The number of hydrogen-bond donors (Lipinski definition) is 2. The fourth-order valence-corrected chi connectivity index (χ4v) is 5.92. The van der Waals surface area contributed by atoms with Crippen LogP contribution < -0.4 is 9.62 Å². The standard InChI is InChI=1S/C26H23ClN4O3S2/c27-19-13-14-21(26(32)28-22-12-6-10-18-9-4-5-11-20(18)22)24(16-19)31(36(33)34)25-23(29-35-30-25)15-17-7-2-1-3-8-17/h1-5,7-9,11,13-14,16,22H,6,10,12,15H2,(H,28,32)(H,33,34). The quantitative estimate of drug-likeness (QED) is 0.287. The molecule has 2 N–H and O–H groups in total. The average Bonchev–Trinajstić information content (AvgIpc) is 3.32. The molecule has 1 aromatic heterocycles. The van der Waals surface area contributed by atoms with Crippen LogP contribution in [0.25, 0.3) is 0 Å². The molecule has 1 aliphatic carbocycles. The van der Waals surface area contributed by atoms with Gasteiger partial charge in [0.15, 0.2) is 5.82 Å². The van der Waals surface area contributed by atoms with E-state index in [1.54, 1.807) is 12.1 Å². The first-order chi connectivity index (χ1) is 17.5. The van der Waals surface area contributed by atoms with E-state index in [2.05, 4.69) is 20.1 Å². The van der Waals surface area contributed by atoms with Crippen LogP contribution in [0.2, 0.25) is 5.02 Å². The van der Waals surface area contributed by atoms with E-state index in [0.717, 1.165) is 46.4 Å². The molecule has 4 aromatic rings. The number of aryl methyl sites for hydroxylation is 1. The third-order valence-corrected chi connectivity index (χ3v) is 7.67. The number of carbonyl (C=O) groups is 1. The highest BCUT2D eigenvalue weighted by molar-refractivity contribution is 7.81. The molecule has 1 aliphatic rings. The van der Waals surface area contributed by atoms with E-state index in [-0.39, 0.29) is 29.0 Å². The Morgan fingerprint density at radius 1 is 1.11 bits per heavy atom. The molecule has 0 bridgehead atoms. The predicted octanol–water partition coefficient (Wildman–Crippen LogP) is 5.86. The Labute approximate surface area is 220 Å². The van der Waals surface area contributed by atoms with Crippen LogP contribution in [-0.2, 0) is 24.1 Å². The zero-order valence-corrected chi connectivity index (χ0v) is 21.5. The summed E-state index contributed by atoms with van der Waals surface area (Å²) in [6, 6.07) is 22.3. The van der Waals surface area contributed by atoms with Crippen LogP contribution in [0.3, 0.4) is 0 Å². The van der Waals surface area contributed by atoms with E-state index >= 15 is 0 Å². The van der Waals surface area contributed by atoms with Crippen LogP contribution in [-0.4, -0.2) is 23.4 Å². The molecule has 0 spiro atoms. The summed E-state index contributed by atoms with van der Waals surface area (Å²) in [5, 5.41) is 3.45. The largest absolute Gasteiger partial charge is 0.345 e. The Morgan fingerprint density at radius 2 is 1.89 bits per heavy atom. The van der Waals surface area contributed by atoms with Gasteiger partial charge >= 0.3 is 0 Å². The lowest BCUT2D eigenvalue weighted by Gasteiger charge is -2.27. The molecule has 5 rings (SSSR count). The molecule has 1 amide bonds. The minimum absolute atomic E-state index is 0.145. The number of anilines is 2. The van der Waals surface area contributed by atoms with Crippen LogP contribution in [0.1, 0.15) is 51.6 Å². The van der Waals surface area contributed by atoms with Gasteiger partial charge in [-0.2, -0.15) is 8.75 Å². The number of halogens is 1. The number of amides is 1. The molecule has 2 unspecified atom stereocenters. The van der Waals surface area contributed by atoms with Crippen molar-refractivity contribution in [1.29, 1.82) is 0 Å². The van der Waals surface area contributed by atoms with E-state index in [9.17, 15) is 13.6 Å². The summed E-state index contributed by atoms with van der Waals surface area (Å²) in [6.07, 6.45) is 3.18. The normalized spacial score (nSPS) is 15.7. The maximum absolute atomic E-state index is 13.5. The van der Waals surface area contributed by atoms with E-state index in [1.807, 2.05) is 48.5 Å². The highest BCUT2D eigenvalue weighted by Gasteiger charge is 2.29. The highest BCUT2D eigenvalue weighted by Crippen LogP contribution is 2.35. The highest BCUT2D eigenvalue weighted by atomic mass is 35.5. The van der Waals surface area contributed by atoms with Crippen molar-refractivity contribution in [3.63, 3.8) is 0 Å². The Bertz CT molecular complexity index is 1410. The molecule has 36 heavy (non-hydrogen) atoms. The van der Waals surface area contributed by atoms with Crippen LogP contribution in [0, 0.1) is 0 Å². The molecule has 3 aromatic carbocycles. The molecular weight excluding hydrogens is 516 g/mol. The number of aromatic nitrogens is 2. The van der Waals surface area contributed by atoms with Crippen LogP contribution in [0.5, 0.6) is 0 Å². The second-order valence-corrected chi connectivity index (χ2v) is 10.3. The average molecular weight is 539 g/mol. The maximum Gasteiger partial charge on any atom is 0.268 e. The number of fused-ring (bicyclic) bond motifs is 1. The van der Waals surface area contributed by atoms with E-state index in [0.29, 0.717) is 17.1 Å². The molecule has 2 atom stereocenters. The number of hydrogen-bond acceptors (Lipinski definition) is 5. The summed E-state index contributed by atoms with van der Waals surface area (Å²) in [4.78, 5) is 13.5. The fourth-order valence-electron chi connectivity index (χ4n) is 4.53. The van der Waals surface area contributed by atoms with Crippen molar-refractivity contribution < 1.29 is 13.6 Å². The van der Waals surface area contributed by atoms with Crippen molar-refractivity contribution in [2.75, 3.05) is 4.31 Å². The SMILES string of the molecule is O=C(NC1CCCc2ccccc21)c1ccc(Cl)cc1N(c1nsnc1Cc1ccccc1)S(=O)O. The first-order valence-corrected chi connectivity index (χ1v) is 13.6. The Hall–Kier alpha value is -3.11. The lowest BCUT2D eigenvalue weighted by molar-refractivity contribution is 0.0933. The second-order valence-electron chi connectivity index (χ2n) is 8.50. The molecule has 1 heterocycles. The topological polar surface area (TPSA) is 95.4 Å². The van der Waals surface area contributed by atoms with Crippen LogP contribution in [0.15, 0.2) is 72.8 Å². The summed E-state index contributed by atoms with van der Waals surface area (Å²) in [5.74, 6) is -0.143. The van der Waals surface area contributed by atoms with Gasteiger partial charge in [0, 0.05) is 11.4 Å². The number of rotatable bonds is 7. The smallest absolute Gasteiger partial charge is 0.268 e. The van der Waals surface area contributed by atoms with Gasteiger partial charge in [0.1, 0.15) is 5.69 Å². The minimum Gasteiger partial charge on any atom is -0.345 e. The van der Waals surface area contributed by atoms with Crippen LogP contribution in [0.4, 0.5) is 11.5 Å². The van der Waals surface area contributed by atoms with Gasteiger partial charge in [-0.15, -0.1) is 0 Å². The predicted molar refractivity (Wildman–Crippen MR) is 143 cm³/mol. The molecule has 184 valence electrons. The minimum atomic E-state index is -2.53. The molecule has 0 radical (unpaired) electrons. The van der Waals surface area contributed by atoms with E-state index < -0.39 is 11.3 Å². The van der Waals surface area contributed by atoms with Crippen molar-refractivity contribution in [2.24, 2.45) is 0 Å². The van der Waals surface area contributed by atoms with E-state index in [1.165, 1.54) is 11.6 Å². The van der Waals surface area contributed by atoms with Gasteiger partial charge in [0.2, 0.25) is 0 Å². The third kappa shape index (κ3) is 5.19. The Morgan fingerprint density at radius 3 is 2.69 bits per heavy atom. The first kappa shape index (κ1) is 24.6. The number of carbonyl (C=O) groups excluding carboxylic acids is 1. The molecule has 0 saturated carbocycles. The molecule has 0 fully saturated rings. The number of nitrogens with zero attached hydrogens (tertiary/aromatic N) is 3. The maximum atomic E-state index is 13.5. The second kappa shape index (κ2) is 10.9. The van der Waals surface area contributed by atoms with Crippen molar-refractivity contribution in [3.05, 3.63) is 106 Å². The van der Waals surface area contributed by atoms with Crippen molar-refractivity contribution in [1.82, 2.24) is 14.1 Å². The van der Waals surface area contributed by atoms with Gasteiger partial charge in [0.25, 0.3) is 17.2 Å². The summed E-state index contributed by atoms with van der Waals surface area (Å²) in [7, 11) is 0. The molecule has 0 aliphatic heterocycles. The van der Waals surface area contributed by atoms with Crippen molar-refractivity contribution in [2.45, 2.75) is 31.7 Å². The monoisotopic (exact) mass is 538 g/mol. The fraction of sp³-hybridized carbons (Fsp3) is 0.192. The molecule has 0 saturated heterocycles. The van der Waals surface area contributed by atoms with Gasteiger partial charge in [-0.05, 0) is 54.2 Å². The van der Waals surface area contributed by atoms with Gasteiger partial charge < -0.3 is 5.32 Å². The Balaban J connectivity index is 1.50. The summed E-state index contributed by atoms with van der Waals surface area (Å²) in [5.41, 5.74) is 4.25. The van der Waals surface area contributed by atoms with Gasteiger partial charge in [-0.3, -0.25) is 9.35 Å². The zero-order chi connectivity index (χ0) is 25.1. The Kier molecular flexibility index (Phi) is 7.43. The first-order valence-electron chi connectivity index (χ1n) is 11.5. The summed E-state index contributed by atoms with van der Waals surface area (Å²) in [6.45, 7) is 0.